The summed E-state index contributed by atoms with van der Waals surface area (Å²) in [5.74, 6) is -0.179. The second-order valence-corrected chi connectivity index (χ2v) is 6.09. The van der Waals surface area contributed by atoms with Crippen LogP contribution in [-0.2, 0) is 6.42 Å². The van der Waals surface area contributed by atoms with E-state index < -0.39 is 0 Å². The lowest BCUT2D eigenvalue weighted by molar-refractivity contribution is 0.0697. The fourth-order valence-corrected chi connectivity index (χ4v) is 2.98. The minimum atomic E-state index is -0.139. The summed E-state index contributed by atoms with van der Waals surface area (Å²) in [6.07, 6.45) is 4.65. The zero-order chi connectivity index (χ0) is 17.6. The van der Waals surface area contributed by atoms with Gasteiger partial charge in [-0.2, -0.15) is 5.26 Å². The number of piperidine rings is 1. The first kappa shape index (κ1) is 16.8. The van der Waals surface area contributed by atoms with Gasteiger partial charge in [-0.05, 0) is 36.6 Å². The molecule has 1 aromatic heterocycles. The molecule has 6 nitrogen and oxygen atoms in total. The molecule has 0 bridgehead atoms. The molecule has 6 heteroatoms. The number of nitriles is 1. The van der Waals surface area contributed by atoms with Crippen LogP contribution in [0.1, 0.15) is 39.1 Å². The van der Waals surface area contributed by atoms with Crippen molar-refractivity contribution in [2.75, 3.05) is 13.1 Å². The molecule has 0 aliphatic carbocycles. The van der Waals surface area contributed by atoms with E-state index >= 15 is 0 Å². The fourth-order valence-electron chi connectivity index (χ4n) is 2.98. The van der Waals surface area contributed by atoms with Gasteiger partial charge in [0.2, 0.25) is 0 Å². The van der Waals surface area contributed by atoms with Gasteiger partial charge >= 0.3 is 0 Å². The quantitative estimate of drug-likeness (QED) is 0.928. The molecule has 0 atom stereocenters. The van der Waals surface area contributed by atoms with Crippen molar-refractivity contribution in [3.8, 4) is 6.07 Å². The van der Waals surface area contributed by atoms with Crippen LogP contribution < -0.4 is 5.32 Å². The van der Waals surface area contributed by atoms with E-state index in [0.29, 0.717) is 37.1 Å². The van der Waals surface area contributed by atoms with Crippen molar-refractivity contribution in [2.45, 2.75) is 25.3 Å². The summed E-state index contributed by atoms with van der Waals surface area (Å²) in [6, 6.07) is 10.9. The maximum absolute atomic E-state index is 12.4. The Labute approximate surface area is 146 Å². The van der Waals surface area contributed by atoms with Gasteiger partial charge in [-0.15, -0.1) is 0 Å². The molecule has 2 amide bonds. The SMILES string of the molecule is N#CCc1cccc(C(=O)NC2CCN(C(=O)c3ccoc3)CC2)c1. The highest BCUT2D eigenvalue weighted by molar-refractivity contribution is 5.95. The molecule has 2 heterocycles. The summed E-state index contributed by atoms with van der Waals surface area (Å²) >= 11 is 0. The van der Waals surface area contributed by atoms with Gasteiger partial charge in [-0.1, -0.05) is 12.1 Å². The molecule has 1 N–H and O–H groups in total. The first-order chi connectivity index (χ1) is 12.2. The molecular formula is C19H19N3O3. The molecule has 1 aliphatic heterocycles. The van der Waals surface area contributed by atoms with Crippen LogP contribution in [0.2, 0.25) is 0 Å². The van der Waals surface area contributed by atoms with E-state index in [0.717, 1.165) is 5.56 Å². The Hall–Kier alpha value is -3.07. The third-order valence-corrected chi connectivity index (χ3v) is 4.36. The molecule has 0 saturated carbocycles. The van der Waals surface area contributed by atoms with Gasteiger partial charge in [-0.25, -0.2) is 0 Å². The number of amides is 2. The lowest BCUT2D eigenvalue weighted by Gasteiger charge is -2.32. The average Bonchev–Trinajstić information content (AvgIpc) is 3.17. The van der Waals surface area contributed by atoms with E-state index in [9.17, 15) is 9.59 Å². The Bertz CT molecular complexity index is 784. The smallest absolute Gasteiger partial charge is 0.257 e. The summed E-state index contributed by atoms with van der Waals surface area (Å²) in [5, 5.41) is 11.8. The number of benzene rings is 1. The third kappa shape index (κ3) is 4.07. The van der Waals surface area contributed by atoms with Gasteiger partial charge in [-0.3, -0.25) is 9.59 Å². The third-order valence-electron chi connectivity index (χ3n) is 4.36. The highest BCUT2D eigenvalue weighted by atomic mass is 16.3. The number of rotatable bonds is 4. The molecule has 1 aliphatic rings. The molecule has 2 aromatic rings. The number of hydrogen-bond donors (Lipinski definition) is 1. The number of likely N-dealkylation sites (tertiary alicyclic amines) is 1. The lowest BCUT2D eigenvalue weighted by Crippen LogP contribution is -2.46. The molecule has 25 heavy (non-hydrogen) atoms. The largest absolute Gasteiger partial charge is 0.472 e. The Kier molecular flexibility index (Phi) is 5.14. The van der Waals surface area contributed by atoms with Crippen LogP contribution in [0.25, 0.3) is 0 Å². The van der Waals surface area contributed by atoms with Gasteiger partial charge in [0, 0.05) is 24.7 Å². The van der Waals surface area contributed by atoms with Crippen molar-refractivity contribution in [1.29, 1.82) is 5.26 Å². The zero-order valence-corrected chi connectivity index (χ0v) is 13.8. The predicted octanol–water partition coefficient (Wildman–Crippen LogP) is 2.38. The van der Waals surface area contributed by atoms with Crippen LogP contribution in [-0.4, -0.2) is 35.8 Å². The first-order valence-corrected chi connectivity index (χ1v) is 8.25. The van der Waals surface area contributed by atoms with Crippen molar-refractivity contribution in [2.24, 2.45) is 0 Å². The molecule has 128 valence electrons. The minimum absolute atomic E-state index is 0.0391. The highest BCUT2D eigenvalue weighted by Gasteiger charge is 2.25. The van der Waals surface area contributed by atoms with E-state index in [1.54, 1.807) is 29.2 Å². The maximum Gasteiger partial charge on any atom is 0.257 e. The van der Waals surface area contributed by atoms with E-state index in [-0.39, 0.29) is 24.3 Å². The van der Waals surface area contributed by atoms with Crippen molar-refractivity contribution in [1.82, 2.24) is 10.2 Å². The molecule has 0 unspecified atom stereocenters. The van der Waals surface area contributed by atoms with Crippen molar-refractivity contribution in [3.63, 3.8) is 0 Å². The van der Waals surface area contributed by atoms with Crippen molar-refractivity contribution >= 4 is 11.8 Å². The van der Waals surface area contributed by atoms with Gasteiger partial charge < -0.3 is 14.6 Å². The van der Waals surface area contributed by atoms with Gasteiger partial charge in [0.05, 0.1) is 24.3 Å². The van der Waals surface area contributed by atoms with E-state index in [1.807, 2.05) is 6.07 Å². The molecule has 1 fully saturated rings. The maximum atomic E-state index is 12.4. The summed E-state index contributed by atoms with van der Waals surface area (Å²) in [4.78, 5) is 26.4. The number of carbonyl (C=O) groups excluding carboxylic acids is 2. The molecule has 1 aromatic carbocycles. The van der Waals surface area contributed by atoms with E-state index in [1.165, 1.54) is 12.5 Å². The van der Waals surface area contributed by atoms with Gasteiger partial charge in [0.25, 0.3) is 11.8 Å². The number of furan rings is 1. The van der Waals surface area contributed by atoms with Crippen LogP contribution in [0.3, 0.4) is 0 Å². The van der Waals surface area contributed by atoms with E-state index in [2.05, 4.69) is 11.4 Å². The summed E-state index contributed by atoms with van der Waals surface area (Å²) in [6.45, 7) is 1.20. The van der Waals surface area contributed by atoms with Crippen molar-refractivity contribution < 1.29 is 14.0 Å². The fraction of sp³-hybridized carbons (Fsp3) is 0.316. The van der Waals surface area contributed by atoms with Gasteiger partial charge in [0.15, 0.2) is 0 Å². The highest BCUT2D eigenvalue weighted by Crippen LogP contribution is 2.15. The van der Waals surface area contributed by atoms with Crippen LogP contribution in [0, 0.1) is 11.3 Å². The average molecular weight is 337 g/mol. The zero-order valence-electron chi connectivity index (χ0n) is 13.8. The number of nitrogens with zero attached hydrogens (tertiary/aromatic N) is 2. The Balaban J connectivity index is 1.53. The van der Waals surface area contributed by atoms with E-state index in [4.69, 9.17) is 9.68 Å². The Morgan fingerprint density at radius 2 is 2.04 bits per heavy atom. The van der Waals surface area contributed by atoms with Crippen molar-refractivity contribution in [3.05, 3.63) is 59.5 Å². The molecule has 1 saturated heterocycles. The Morgan fingerprint density at radius 3 is 2.72 bits per heavy atom. The standard InChI is InChI=1S/C19H19N3O3/c20-8-4-14-2-1-3-15(12-14)18(23)21-17-5-9-22(10-6-17)19(24)16-7-11-25-13-16/h1-3,7,11-13,17H,4-6,9-10H2,(H,21,23). The molecule has 0 spiro atoms. The first-order valence-electron chi connectivity index (χ1n) is 8.25. The van der Waals surface area contributed by atoms with Crippen LogP contribution in [0.4, 0.5) is 0 Å². The second kappa shape index (κ2) is 7.67. The van der Waals surface area contributed by atoms with Crippen LogP contribution in [0.5, 0.6) is 0 Å². The summed E-state index contributed by atoms with van der Waals surface area (Å²) < 4.78 is 4.95. The topological polar surface area (TPSA) is 86.3 Å². The monoisotopic (exact) mass is 337 g/mol. The summed E-state index contributed by atoms with van der Waals surface area (Å²) in [7, 11) is 0. The second-order valence-electron chi connectivity index (χ2n) is 6.09. The number of carbonyl (C=O) groups is 2. The Morgan fingerprint density at radius 1 is 1.24 bits per heavy atom. The van der Waals surface area contributed by atoms with Crippen LogP contribution in [0.15, 0.2) is 47.3 Å². The van der Waals surface area contributed by atoms with Gasteiger partial charge in [0.1, 0.15) is 6.26 Å². The molecular weight excluding hydrogens is 318 g/mol. The predicted molar refractivity (Wildman–Crippen MR) is 90.9 cm³/mol. The number of nitrogens with one attached hydrogen (secondary N) is 1. The normalized spacial score (nSPS) is 14.8. The summed E-state index contributed by atoms with van der Waals surface area (Å²) in [5.41, 5.74) is 1.94. The molecule has 3 rings (SSSR count). The number of hydrogen-bond acceptors (Lipinski definition) is 4. The van der Waals surface area contributed by atoms with Crippen LogP contribution >= 0.6 is 0 Å². The lowest BCUT2D eigenvalue weighted by atomic mass is 10.0. The molecule has 0 radical (unpaired) electrons. The minimum Gasteiger partial charge on any atom is -0.472 e.